The molecule has 1 heterocycles. The van der Waals surface area contributed by atoms with E-state index in [1.165, 1.54) is 12.1 Å². The number of hydrogen-bond acceptors (Lipinski definition) is 2. The standard InChI is InChI=1S/C8H7BrFNO/c9-3-6(5-12)8-2-1-7(10)4-11-8/h1-2,4-6H,3H2. The fourth-order valence-electron chi connectivity index (χ4n) is 0.792. The van der Waals surface area contributed by atoms with Gasteiger partial charge >= 0.3 is 0 Å². The lowest BCUT2D eigenvalue weighted by atomic mass is 10.1. The van der Waals surface area contributed by atoms with Gasteiger partial charge in [0.25, 0.3) is 0 Å². The van der Waals surface area contributed by atoms with Gasteiger partial charge in [0.05, 0.1) is 17.8 Å². The van der Waals surface area contributed by atoms with Crippen LogP contribution >= 0.6 is 15.9 Å². The fraction of sp³-hybridized carbons (Fsp3) is 0.250. The largest absolute Gasteiger partial charge is 0.303 e. The first kappa shape index (κ1) is 9.32. The number of hydrogen-bond donors (Lipinski definition) is 0. The zero-order valence-corrected chi connectivity index (χ0v) is 7.79. The maximum atomic E-state index is 12.4. The van der Waals surface area contributed by atoms with Crippen molar-refractivity contribution in [3.63, 3.8) is 0 Å². The average molecular weight is 232 g/mol. The van der Waals surface area contributed by atoms with Crippen LogP contribution in [0.3, 0.4) is 0 Å². The number of rotatable bonds is 3. The molecule has 0 saturated heterocycles. The Labute approximate surface area is 77.9 Å². The molecule has 0 fully saturated rings. The second-order valence-corrected chi connectivity index (χ2v) is 2.95. The van der Waals surface area contributed by atoms with Gasteiger partial charge in [-0.05, 0) is 12.1 Å². The quantitative estimate of drug-likeness (QED) is 0.588. The average Bonchev–Trinajstić information content (AvgIpc) is 2.10. The van der Waals surface area contributed by atoms with Crippen molar-refractivity contribution in [2.45, 2.75) is 5.92 Å². The molecule has 0 radical (unpaired) electrons. The zero-order chi connectivity index (χ0) is 8.97. The molecule has 0 aliphatic carbocycles. The summed E-state index contributed by atoms with van der Waals surface area (Å²) in [5, 5.41) is 0.509. The summed E-state index contributed by atoms with van der Waals surface area (Å²) in [6.07, 6.45) is 1.89. The smallest absolute Gasteiger partial charge is 0.141 e. The van der Waals surface area contributed by atoms with Crippen molar-refractivity contribution in [2.24, 2.45) is 0 Å². The van der Waals surface area contributed by atoms with Gasteiger partial charge in [-0.1, -0.05) is 15.9 Å². The van der Waals surface area contributed by atoms with Crippen LogP contribution in [-0.2, 0) is 4.79 Å². The summed E-state index contributed by atoms with van der Waals surface area (Å²) >= 11 is 3.17. The van der Waals surface area contributed by atoms with E-state index >= 15 is 0 Å². The molecule has 1 rings (SSSR count). The molecule has 4 heteroatoms. The summed E-state index contributed by atoms with van der Waals surface area (Å²) in [6, 6.07) is 2.80. The topological polar surface area (TPSA) is 30.0 Å². The predicted octanol–water partition coefficient (Wildman–Crippen LogP) is 1.90. The van der Waals surface area contributed by atoms with Crippen LogP contribution < -0.4 is 0 Å². The number of aromatic nitrogens is 1. The Morgan fingerprint density at radius 3 is 2.83 bits per heavy atom. The van der Waals surface area contributed by atoms with Gasteiger partial charge in [-0.25, -0.2) is 4.39 Å². The van der Waals surface area contributed by atoms with E-state index in [2.05, 4.69) is 20.9 Å². The monoisotopic (exact) mass is 231 g/mol. The van der Waals surface area contributed by atoms with Crippen molar-refractivity contribution >= 4 is 22.2 Å². The molecule has 2 nitrogen and oxygen atoms in total. The normalized spacial score (nSPS) is 12.5. The highest BCUT2D eigenvalue weighted by molar-refractivity contribution is 9.09. The lowest BCUT2D eigenvalue weighted by Gasteiger charge is -2.03. The Kier molecular flexibility index (Phi) is 3.34. The second kappa shape index (κ2) is 4.30. The highest BCUT2D eigenvalue weighted by Crippen LogP contribution is 2.12. The molecule has 0 N–H and O–H groups in total. The zero-order valence-electron chi connectivity index (χ0n) is 6.21. The summed E-state index contributed by atoms with van der Waals surface area (Å²) in [4.78, 5) is 14.2. The van der Waals surface area contributed by atoms with Gasteiger partial charge in [0.1, 0.15) is 12.1 Å². The molecule has 0 bridgehead atoms. The van der Waals surface area contributed by atoms with Crippen molar-refractivity contribution < 1.29 is 9.18 Å². The Hall–Kier alpha value is -0.770. The molecule has 1 unspecified atom stereocenters. The van der Waals surface area contributed by atoms with Crippen molar-refractivity contribution in [1.29, 1.82) is 0 Å². The number of carbonyl (C=O) groups excluding carboxylic acids is 1. The third-order valence-corrected chi connectivity index (χ3v) is 2.16. The van der Waals surface area contributed by atoms with Gasteiger partial charge in [-0.2, -0.15) is 0 Å². The summed E-state index contributed by atoms with van der Waals surface area (Å²) in [5.41, 5.74) is 0.586. The van der Waals surface area contributed by atoms with E-state index in [0.29, 0.717) is 11.0 Å². The molecular formula is C8H7BrFNO. The number of carbonyl (C=O) groups is 1. The summed E-state index contributed by atoms with van der Waals surface area (Å²) in [7, 11) is 0. The minimum atomic E-state index is -0.391. The minimum absolute atomic E-state index is 0.286. The molecule has 0 spiro atoms. The Bertz CT molecular complexity index is 262. The molecule has 0 aromatic carbocycles. The fourth-order valence-corrected chi connectivity index (χ4v) is 1.28. The van der Waals surface area contributed by atoms with E-state index < -0.39 is 5.82 Å². The van der Waals surface area contributed by atoms with Crippen molar-refractivity contribution in [1.82, 2.24) is 4.98 Å². The van der Waals surface area contributed by atoms with Crippen LogP contribution in [0, 0.1) is 5.82 Å². The van der Waals surface area contributed by atoms with Gasteiger partial charge in [0.15, 0.2) is 0 Å². The highest BCUT2D eigenvalue weighted by Gasteiger charge is 2.09. The molecule has 0 aliphatic rings. The van der Waals surface area contributed by atoms with Crippen LogP contribution in [0.4, 0.5) is 4.39 Å². The van der Waals surface area contributed by atoms with Gasteiger partial charge < -0.3 is 4.79 Å². The van der Waals surface area contributed by atoms with Crippen molar-refractivity contribution in [3.8, 4) is 0 Å². The first-order chi connectivity index (χ1) is 5.77. The van der Waals surface area contributed by atoms with E-state index in [0.717, 1.165) is 12.5 Å². The van der Waals surface area contributed by atoms with Crippen LogP contribution in [0.15, 0.2) is 18.3 Å². The maximum Gasteiger partial charge on any atom is 0.141 e. The number of halogens is 2. The third-order valence-electron chi connectivity index (χ3n) is 1.46. The lowest BCUT2D eigenvalue weighted by molar-refractivity contribution is -0.108. The minimum Gasteiger partial charge on any atom is -0.303 e. The molecule has 1 aromatic heterocycles. The molecule has 0 saturated carbocycles. The molecule has 0 amide bonds. The Balaban J connectivity index is 2.87. The van der Waals surface area contributed by atoms with E-state index in [1.807, 2.05) is 0 Å². The van der Waals surface area contributed by atoms with Gasteiger partial charge in [-0.3, -0.25) is 4.98 Å². The summed E-state index contributed by atoms with van der Waals surface area (Å²) in [5.74, 6) is -0.677. The second-order valence-electron chi connectivity index (χ2n) is 2.30. The molecular weight excluding hydrogens is 225 g/mol. The molecule has 64 valence electrons. The van der Waals surface area contributed by atoms with Crippen LogP contribution in [0.1, 0.15) is 11.6 Å². The summed E-state index contributed by atoms with van der Waals surface area (Å²) in [6.45, 7) is 0. The van der Waals surface area contributed by atoms with E-state index in [9.17, 15) is 9.18 Å². The number of alkyl halides is 1. The maximum absolute atomic E-state index is 12.4. The predicted molar refractivity (Wildman–Crippen MR) is 46.8 cm³/mol. The van der Waals surface area contributed by atoms with Crippen LogP contribution in [-0.4, -0.2) is 16.6 Å². The third kappa shape index (κ3) is 2.11. The van der Waals surface area contributed by atoms with Crippen molar-refractivity contribution in [3.05, 3.63) is 29.8 Å². The van der Waals surface area contributed by atoms with Crippen molar-refractivity contribution in [2.75, 3.05) is 5.33 Å². The van der Waals surface area contributed by atoms with E-state index in [-0.39, 0.29) is 5.92 Å². The molecule has 1 aromatic rings. The molecule has 1 atom stereocenters. The van der Waals surface area contributed by atoms with Gasteiger partial charge in [0, 0.05) is 5.33 Å². The highest BCUT2D eigenvalue weighted by atomic mass is 79.9. The lowest BCUT2D eigenvalue weighted by Crippen LogP contribution is -2.03. The van der Waals surface area contributed by atoms with E-state index in [4.69, 9.17) is 0 Å². The Morgan fingerprint density at radius 1 is 1.67 bits per heavy atom. The van der Waals surface area contributed by atoms with Crippen LogP contribution in [0.5, 0.6) is 0 Å². The Morgan fingerprint density at radius 2 is 2.42 bits per heavy atom. The molecule has 12 heavy (non-hydrogen) atoms. The summed E-state index contributed by atoms with van der Waals surface area (Å²) < 4.78 is 12.4. The number of nitrogens with zero attached hydrogens (tertiary/aromatic N) is 1. The SMILES string of the molecule is O=CC(CBr)c1ccc(F)cn1. The first-order valence-electron chi connectivity index (χ1n) is 3.40. The molecule has 0 aliphatic heterocycles. The van der Waals surface area contributed by atoms with Gasteiger partial charge in [0.2, 0.25) is 0 Å². The number of aldehydes is 1. The van der Waals surface area contributed by atoms with Crippen LogP contribution in [0.25, 0.3) is 0 Å². The first-order valence-corrected chi connectivity index (χ1v) is 4.52. The van der Waals surface area contributed by atoms with Gasteiger partial charge in [-0.15, -0.1) is 0 Å². The van der Waals surface area contributed by atoms with E-state index in [1.54, 1.807) is 0 Å². The number of pyridine rings is 1. The van der Waals surface area contributed by atoms with Crippen LogP contribution in [0.2, 0.25) is 0 Å².